The molecule has 4 rings (SSSR count). The van der Waals surface area contributed by atoms with Gasteiger partial charge in [-0.3, -0.25) is 14.6 Å². The maximum Gasteiger partial charge on any atom is 0.292 e. The van der Waals surface area contributed by atoms with Crippen molar-refractivity contribution in [3.8, 4) is 5.88 Å². The number of aromatic amines is 1. The van der Waals surface area contributed by atoms with Crippen molar-refractivity contribution in [3.05, 3.63) is 54.1 Å². The van der Waals surface area contributed by atoms with Crippen molar-refractivity contribution in [1.82, 2.24) is 20.3 Å². The zero-order chi connectivity index (χ0) is 19.5. The third kappa shape index (κ3) is 3.74. The molecule has 1 saturated carbocycles. The first-order chi connectivity index (χ1) is 13.6. The summed E-state index contributed by atoms with van der Waals surface area (Å²) >= 11 is 0. The van der Waals surface area contributed by atoms with Gasteiger partial charge >= 0.3 is 0 Å². The maximum atomic E-state index is 12.7. The fraction of sp³-hybridized carbons (Fsp3) is 0.333. The van der Waals surface area contributed by atoms with Gasteiger partial charge in [-0.05, 0) is 38.7 Å². The Labute approximate surface area is 162 Å². The van der Waals surface area contributed by atoms with Crippen molar-refractivity contribution in [2.24, 2.45) is 0 Å². The molecule has 0 aliphatic heterocycles. The summed E-state index contributed by atoms with van der Waals surface area (Å²) in [7, 11) is 0. The molecular formula is C21H22N4O3. The fourth-order valence-electron chi connectivity index (χ4n) is 3.78. The van der Waals surface area contributed by atoms with E-state index in [1.54, 1.807) is 18.6 Å². The van der Waals surface area contributed by atoms with Crippen LogP contribution in [0.1, 0.15) is 41.7 Å². The standard InChI is InChI=1S/C21H22N4O3/c1-13-19(16-4-2-3-5-17(16)24-13)20(26)21(27)25-14-6-8-15(9-7-14)28-18-12-22-10-11-23-18/h2-5,10-12,14-15,24H,6-9H2,1H3,(H,25,27). The zero-order valence-electron chi connectivity index (χ0n) is 15.6. The maximum absolute atomic E-state index is 12.7. The molecule has 7 heteroatoms. The third-order valence-corrected chi connectivity index (χ3v) is 5.16. The lowest BCUT2D eigenvalue weighted by Gasteiger charge is -2.28. The van der Waals surface area contributed by atoms with Gasteiger partial charge in [-0.1, -0.05) is 18.2 Å². The minimum absolute atomic E-state index is 0.0244. The van der Waals surface area contributed by atoms with Crippen molar-refractivity contribution in [3.63, 3.8) is 0 Å². The number of nitrogens with zero attached hydrogens (tertiary/aromatic N) is 2. The van der Waals surface area contributed by atoms with Crippen LogP contribution in [0.2, 0.25) is 0 Å². The van der Waals surface area contributed by atoms with Crippen LogP contribution in [0, 0.1) is 6.92 Å². The second kappa shape index (κ2) is 7.80. The molecule has 0 spiro atoms. The van der Waals surface area contributed by atoms with Gasteiger partial charge in [0.1, 0.15) is 6.10 Å². The lowest BCUT2D eigenvalue weighted by Crippen LogP contribution is -2.42. The highest BCUT2D eigenvalue weighted by molar-refractivity contribution is 6.45. The summed E-state index contributed by atoms with van der Waals surface area (Å²) in [4.78, 5) is 36.6. The molecule has 28 heavy (non-hydrogen) atoms. The number of hydrogen-bond acceptors (Lipinski definition) is 5. The lowest BCUT2D eigenvalue weighted by molar-refractivity contribution is -0.118. The number of ketones is 1. The number of aromatic nitrogens is 3. The van der Waals surface area contributed by atoms with Crippen LogP contribution in [0.3, 0.4) is 0 Å². The topological polar surface area (TPSA) is 97.0 Å². The highest BCUT2D eigenvalue weighted by Crippen LogP contribution is 2.24. The Balaban J connectivity index is 1.35. The summed E-state index contributed by atoms with van der Waals surface area (Å²) in [5.41, 5.74) is 2.02. The van der Waals surface area contributed by atoms with Gasteiger partial charge in [-0.25, -0.2) is 4.98 Å². The molecule has 0 atom stereocenters. The van der Waals surface area contributed by atoms with E-state index in [-0.39, 0.29) is 12.1 Å². The third-order valence-electron chi connectivity index (χ3n) is 5.16. The number of aryl methyl sites for hydroxylation is 1. The van der Waals surface area contributed by atoms with E-state index in [0.717, 1.165) is 36.6 Å². The average molecular weight is 378 g/mol. The largest absolute Gasteiger partial charge is 0.473 e. The molecule has 1 fully saturated rings. The number of amides is 1. The van der Waals surface area contributed by atoms with Crippen LogP contribution in [0.5, 0.6) is 5.88 Å². The van der Waals surface area contributed by atoms with Crippen molar-refractivity contribution >= 4 is 22.6 Å². The number of benzene rings is 1. The van der Waals surface area contributed by atoms with Crippen LogP contribution in [0.4, 0.5) is 0 Å². The smallest absolute Gasteiger partial charge is 0.292 e. The number of fused-ring (bicyclic) bond motifs is 1. The highest BCUT2D eigenvalue weighted by Gasteiger charge is 2.28. The number of Topliss-reactive ketones (excluding diaryl/α,β-unsaturated/α-hetero) is 1. The molecule has 1 aliphatic rings. The molecular weight excluding hydrogens is 356 g/mol. The molecule has 2 N–H and O–H groups in total. The second-order valence-electron chi connectivity index (χ2n) is 7.11. The molecule has 0 bridgehead atoms. The quantitative estimate of drug-likeness (QED) is 0.525. The fourth-order valence-corrected chi connectivity index (χ4v) is 3.78. The Hall–Kier alpha value is -3.22. The van der Waals surface area contributed by atoms with Gasteiger partial charge in [-0.2, -0.15) is 0 Å². The van der Waals surface area contributed by atoms with E-state index in [1.807, 2.05) is 31.2 Å². The average Bonchev–Trinajstić information content (AvgIpc) is 3.05. The van der Waals surface area contributed by atoms with Crippen molar-refractivity contribution in [1.29, 1.82) is 0 Å². The number of H-pyrrole nitrogens is 1. The SMILES string of the molecule is Cc1[nH]c2ccccc2c1C(=O)C(=O)NC1CCC(Oc2cnccn2)CC1. The van der Waals surface area contributed by atoms with E-state index in [4.69, 9.17) is 4.74 Å². The molecule has 1 aromatic carbocycles. The molecule has 0 unspecified atom stereocenters. The Kier molecular flexibility index (Phi) is 5.06. The Morgan fingerprint density at radius 2 is 1.93 bits per heavy atom. The summed E-state index contributed by atoms with van der Waals surface area (Å²) in [6.45, 7) is 1.82. The van der Waals surface area contributed by atoms with E-state index in [9.17, 15) is 9.59 Å². The minimum atomic E-state index is -0.550. The number of para-hydroxylation sites is 1. The molecule has 2 heterocycles. The number of carbonyl (C=O) groups is 2. The number of nitrogens with one attached hydrogen (secondary N) is 2. The Morgan fingerprint density at radius 3 is 2.68 bits per heavy atom. The first-order valence-corrected chi connectivity index (χ1v) is 9.47. The molecule has 144 valence electrons. The Bertz CT molecular complexity index is 991. The van der Waals surface area contributed by atoms with Crippen LogP contribution < -0.4 is 10.1 Å². The summed E-state index contributed by atoms with van der Waals surface area (Å²) < 4.78 is 5.82. The number of ether oxygens (including phenoxy) is 1. The minimum Gasteiger partial charge on any atom is -0.473 e. The van der Waals surface area contributed by atoms with Gasteiger partial charge in [0, 0.05) is 35.0 Å². The lowest BCUT2D eigenvalue weighted by atomic mass is 9.92. The summed E-state index contributed by atoms with van der Waals surface area (Å²) in [6, 6.07) is 7.49. The van der Waals surface area contributed by atoms with Crippen LogP contribution in [-0.4, -0.2) is 38.8 Å². The molecule has 2 aromatic heterocycles. The summed E-state index contributed by atoms with van der Waals surface area (Å²) in [5, 5.41) is 3.68. The first-order valence-electron chi connectivity index (χ1n) is 9.47. The van der Waals surface area contributed by atoms with Crippen LogP contribution in [-0.2, 0) is 4.79 Å². The van der Waals surface area contributed by atoms with Gasteiger partial charge in [0.15, 0.2) is 0 Å². The first kappa shape index (κ1) is 18.2. The van der Waals surface area contributed by atoms with E-state index in [1.165, 1.54) is 0 Å². The van der Waals surface area contributed by atoms with Crippen molar-refractivity contribution in [2.45, 2.75) is 44.8 Å². The van der Waals surface area contributed by atoms with E-state index < -0.39 is 11.7 Å². The van der Waals surface area contributed by atoms with Gasteiger partial charge in [0.2, 0.25) is 5.88 Å². The molecule has 0 radical (unpaired) electrons. The summed E-state index contributed by atoms with van der Waals surface area (Å²) in [5.74, 6) is -0.529. The van der Waals surface area contributed by atoms with E-state index >= 15 is 0 Å². The van der Waals surface area contributed by atoms with Gasteiger partial charge in [0.25, 0.3) is 11.7 Å². The van der Waals surface area contributed by atoms with Crippen molar-refractivity contribution < 1.29 is 14.3 Å². The van der Waals surface area contributed by atoms with E-state index in [0.29, 0.717) is 17.1 Å². The normalized spacial score (nSPS) is 19.3. The van der Waals surface area contributed by atoms with Crippen LogP contribution in [0.15, 0.2) is 42.9 Å². The predicted octanol–water partition coefficient (Wildman–Crippen LogP) is 2.96. The predicted molar refractivity (Wildman–Crippen MR) is 104 cm³/mol. The number of hydrogen-bond donors (Lipinski definition) is 2. The molecule has 7 nitrogen and oxygen atoms in total. The molecule has 0 saturated heterocycles. The molecule has 1 amide bonds. The van der Waals surface area contributed by atoms with Crippen LogP contribution in [0.25, 0.3) is 10.9 Å². The summed E-state index contributed by atoms with van der Waals surface area (Å²) in [6.07, 6.45) is 7.95. The van der Waals surface area contributed by atoms with Gasteiger partial charge in [0.05, 0.1) is 11.8 Å². The highest BCUT2D eigenvalue weighted by atomic mass is 16.5. The number of carbonyl (C=O) groups excluding carboxylic acids is 2. The van der Waals surface area contributed by atoms with Crippen LogP contribution >= 0.6 is 0 Å². The number of rotatable bonds is 5. The Morgan fingerprint density at radius 1 is 1.14 bits per heavy atom. The second-order valence-corrected chi connectivity index (χ2v) is 7.11. The van der Waals surface area contributed by atoms with Crippen molar-refractivity contribution in [2.75, 3.05) is 0 Å². The van der Waals surface area contributed by atoms with E-state index in [2.05, 4.69) is 20.3 Å². The van der Waals surface area contributed by atoms with Gasteiger partial charge < -0.3 is 15.0 Å². The zero-order valence-corrected chi connectivity index (χ0v) is 15.6. The molecule has 3 aromatic rings. The monoisotopic (exact) mass is 378 g/mol. The molecule has 1 aliphatic carbocycles. The van der Waals surface area contributed by atoms with Gasteiger partial charge in [-0.15, -0.1) is 0 Å².